The highest BCUT2D eigenvalue weighted by molar-refractivity contribution is 5.09. The Morgan fingerprint density at radius 2 is 2.24 bits per heavy atom. The summed E-state index contributed by atoms with van der Waals surface area (Å²) in [5.74, 6) is 0.836. The summed E-state index contributed by atoms with van der Waals surface area (Å²) in [6.45, 7) is 8.10. The van der Waals surface area contributed by atoms with Crippen LogP contribution in [0.2, 0.25) is 0 Å². The summed E-state index contributed by atoms with van der Waals surface area (Å²) in [6.07, 6.45) is 6.33. The first-order valence-electron chi connectivity index (χ1n) is 6.70. The Balaban J connectivity index is 1.71. The standard InChI is InChI=1S/C14H23N3/c1-2-6-16-10-14-5-9-17(12-14)11-13-3-7-15-8-4-13/h3-4,7-8,14,16H,2,5-6,9-12H2,1H3. The molecule has 1 aromatic heterocycles. The summed E-state index contributed by atoms with van der Waals surface area (Å²) in [4.78, 5) is 6.61. The number of hydrogen-bond donors (Lipinski definition) is 1. The van der Waals surface area contributed by atoms with Gasteiger partial charge in [-0.2, -0.15) is 0 Å². The molecule has 1 unspecified atom stereocenters. The smallest absolute Gasteiger partial charge is 0.0271 e. The lowest BCUT2D eigenvalue weighted by molar-refractivity contribution is 0.314. The summed E-state index contributed by atoms with van der Waals surface area (Å²) >= 11 is 0. The molecule has 0 aromatic carbocycles. The molecule has 0 bridgehead atoms. The van der Waals surface area contributed by atoms with Gasteiger partial charge in [0.1, 0.15) is 0 Å². The van der Waals surface area contributed by atoms with E-state index in [1.807, 2.05) is 12.4 Å². The first-order chi connectivity index (χ1) is 8.38. The predicted octanol–water partition coefficient (Wildman–Crippen LogP) is 1.90. The molecule has 3 heteroatoms. The fraction of sp³-hybridized carbons (Fsp3) is 0.643. The van der Waals surface area contributed by atoms with Gasteiger partial charge in [0.25, 0.3) is 0 Å². The maximum absolute atomic E-state index is 4.06. The van der Waals surface area contributed by atoms with Gasteiger partial charge in [-0.15, -0.1) is 0 Å². The van der Waals surface area contributed by atoms with E-state index in [2.05, 4.69) is 34.3 Å². The van der Waals surface area contributed by atoms with Gasteiger partial charge in [0.2, 0.25) is 0 Å². The van der Waals surface area contributed by atoms with Gasteiger partial charge in [0, 0.05) is 25.5 Å². The summed E-state index contributed by atoms with van der Waals surface area (Å²) < 4.78 is 0. The maximum atomic E-state index is 4.06. The number of likely N-dealkylation sites (tertiary alicyclic amines) is 1. The quantitative estimate of drug-likeness (QED) is 0.761. The highest BCUT2D eigenvalue weighted by Crippen LogP contribution is 2.17. The van der Waals surface area contributed by atoms with Gasteiger partial charge in [0.05, 0.1) is 0 Å². The van der Waals surface area contributed by atoms with Crippen molar-refractivity contribution in [2.24, 2.45) is 5.92 Å². The van der Waals surface area contributed by atoms with Crippen LogP contribution in [0.1, 0.15) is 25.3 Å². The van der Waals surface area contributed by atoms with Crippen molar-refractivity contribution in [1.82, 2.24) is 15.2 Å². The van der Waals surface area contributed by atoms with E-state index < -0.39 is 0 Å². The van der Waals surface area contributed by atoms with Crippen molar-refractivity contribution >= 4 is 0 Å². The molecule has 1 aromatic rings. The molecule has 1 aliphatic rings. The molecule has 0 saturated carbocycles. The number of rotatable bonds is 6. The molecule has 0 aliphatic carbocycles. The Morgan fingerprint density at radius 3 is 3.00 bits per heavy atom. The van der Waals surface area contributed by atoms with E-state index >= 15 is 0 Å². The molecule has 2 rings (SSSR count). The van der Waals surface area contributed by atoms with E-state index in [0.29, 0.717) is 0 Å². The number of nitrogens with zero attached hydrogens (tertiary/aromatic N) is 2. The number of aromatic nitrogens is 1. The van der Waals surface area contributed by atoms with Gasteiger partial charge < -0.3 is 5.32 Å². The van der Waals surface area contributed by atoms with E-state index in [0.717, 1.165) is 19.0 Å². The monoisotopic (exact) mass is 233 g/mol. The number of hydrogen-bond acceptors (Lipinski definition) is 3. The Bertz CT molecular complexity index is 313. The van der Waals surface area contributed by atoms with E-state index in [9.17, 15) is 0 Å². The zero-order valence-electron chi connectivity index (χ0n) is 10.7. The fourth-order valence-electron chi connectivity index (χ4n) is 2.45. The summed E-state index contributed by atoms with van der Waals surface area (Å²) in [5, 5.41) is 3.52. The second-order valence-electron chi connectivity index (χ2n) is 4.95. The van der Waals surface area contributed by atoms with Crippen LogP contribution in [0.4, 0.5) is 0 Å². The van der Waals surface area contributed by atoms with Crippen molar-refractivity contribution in [3.63, 3.8) is 0 Å². The van der Waals surface area contributed by atoms with Crippen molar-refractivity contribution in [3.8, 4) is 0 Å². The van der Waals surface area contributed by atoms with Crippen LogP contribution in [-0.4, -0.2) is 36.1 Å². The zero-order chi connectivity index (χ0) is 11.9. The summed E-state index contributed by atoms with van der Waals surface area (Å²) in [5.41, 5.74) is 1.38. The minimum Gasteiger partial charge on any atom is -0.316 e. The van der Waals surface area contributed by atoms with E-state index in [1.165, 1.54) is 38.0 Å². The molecule has 1 atom stereocenters. The molecular formula is C14H23N3. The summed E-state index contributed by atoms with van der Waals surface area (Å²) in [7, 11) is 0. The number of pyridine rings is 1. The first kappa shape index (κ1) is 12.5. The minimum atomic E-state index is 0.836. The zero-order valence-corrected chi connectivity index (χ0v) is 10.7. The van der Waals surface area contributed by atoms with Crippen LogP contribution < -0.4 is 5.32 Å². The molecule has 17 heavy (non-hydrogen) atoms. The Morgan fingerprint density at radius 1 is 1.41 bits per heavy atom. The largest absolute Gasteiger partial charge is 0.316 e. The van der Waals surface area contributed by atoms with E-state index in [-0.39, 0.29) is 0 Å². The molecular weight excluding hydrogens is 210 g/mol. The number of nitrogens with one attached hydrogen (secondary N) is 1. The SMILES string of the molecule is CCCNCC1CCN(Cc2ccncc2)C1. The molecule has 0 radical (unpaired) electrons. The third-order valence-electron chi connectivity index (χ3n) is 3.39. The van der Waals surface area contributed by atoms with Crippen LogP contribution in [0.3, 0.4) is 0 Å². The molecule has 1 fully saturated rings. The van der Waals surface area contributed by atoms with E-state index in [1.54, 1.807) is 0 Å². The van der Waals surface area contributed by atoms with Crippen LogP contribution >= 0.6 is 0 Å². The second-order valence-corrected chi connectivity index (χ2v) is 4.95. The maximum Gasteiger partial charge on any atom is 0.0271 e. The molecule has 0 spiro atoms. The second kappa shape index (κ2) is 6.72. The highest BCUT2D eigenvalue weighted by atomic mass is 15.1. The van der Waals surface area contributed by atoms with Crippen LogP contribution in [0, 0.1) is 5.92 Å². The Labute approximate surface area is 104 Å². The first-order valence-corrected chi connectivity index (χ1v) is 6.70. The van der Waals surface area contributed by atoms with Crippen LogP contribution in [-0.2, 0) is 6.54 Å². The molecule has 94 valence electrons. The lowest BCUT2D eigenvalue weighted by atomic mass is 10.1. The van der Waals surface area contributed by atoms with Crippen molar-refractivity contribution in [2.75, 3.05) is 26.2 Å². The lowest BCUT2D eigenvalue weighted by Crippen LogP contribution is -2.26. The molecule has 1 N–H and O–H groups in total. The van der Waals surface area contributed by atoms with Crippen molar-refractivity contribution < 1.29 is 0 Å². The molecule has 3 nitrogen and oxygen atoms in total. The van der Waals surface area contributed by atoms with Gasteiger partial charge in [-0.25, -0.2) is 0 Å². The van der Waals surface area contributed by atoms with Crippen LogP contribution in [0.15, 0.2) is 24.5 Å². The molecule has 0 amide bonds. The molecule has 2 heterocycles. The van der Waals surface area contributed by atoms with E-state index in [4.69, 9.17) is 0 Å². The van der Waals surface area contributed by atoms with Gasteiger partial charge in [-0.05, 0) is 56.1 Å². The van der Waals surface area contributed by atoms with Crippen molar-refractivity contribution in [2.45, 2.75) is 26.3 Å². The fourth-order valence-corrected chi connectivity index (χ4v) is 2.45. The normalized spacial score (nSPS) is 20.9. The minimum absolute atomic E-state index is 0.836. The third kappa shape index (κ3) is 4.10. The van der Waals surface area contributed by atoms with Gasteiger partial charge in [-0.1, -0.05) is 6.92 Å². The summed E-state index contributed by atoms with van der Waals surface area (Å²) in [6, 6.07) is 4.23. The lowest BCUT2D eigenvalue weighted by Gasteiger charge is -2.16. The van der Waals surface area contributed by atoms with Crippen LogP contribution in [0.25, 0.3) is 0 Å². The molecule has 1 aliphatic heterocycles. The van der Waals surface area contributed by atoms with Gasteiger partial charge in [-0.3, -0.25) is 9.88 Å². The highest BCUT2D eigenvalue weighted by Gasteiger charge is 2.21. The topological polar surface area (TPSA) is 28.2 Å². The molecule has 1 saturated heterocycles. The average Bonchev–Trinajstić information content (AvgIpc) is 2.79. The van der Waals surface area contributed by atoms with Crippen molar-refractivity contribution in [1.29, 1.82) is 0 Å². The van der Waals surface area contributed by atoms with Crippen molar-refractivity contribution in [3.05, 3.63) is 30.1 Å². The Kier molecular flexibility index (Phi) is 4.95. The van der Waals surface area contributed by atoms with Crippen LogP contribution in [0.5, 0.6) is 0 Å². The van der Waals surface area contributed by atoms with Gasteiger partial charge >= 0.3 is 0 Å². The predicted molar refractivity (Wildman–Crippen MR) is 70.8 cm³/mol. The Hall–Kier alpha value is -0.930. The average molecular weight is 233 g/mol. The third-order valence-corrected chi connectivity index (χ3v) is 3.39. The van der Waals surface area contributed by atoms with Gasteiger partial charge in [0.15, 0.2) is 0 Å².